The van der Waals surface area contributed by atoms with Crippen molar-refractivity contribution in [2.24, 2.45) is 0 Å². The Morgan fingerprint density at radius 3 is 1.14 bits per heavy atom. The molecule has 0 aliphatic carbocycles. The minimum atomic E-state index is -0.122. The summed E-state index contributed by atoms with van der Waals surface area (Å²) < 4.78 is 11.6. The Hall–Kier alpha value is -4.50. The Labute approximate surface area is 252 Å². The minimum absolute atomic E-state index is 0.122. The number of benzene rings is 5. The van der Waals surface area contributed by atoms with Crippen molar-refractivity contribution in [3.05, 3.63) is 161 Å². The quantitative estimate of drug-likeness (QED) is 0.193. The van der Waals surface area contributed by atoms with Crippen LogP contribution in [0, 0.1) is 0 Å². The van der Waals surface area contributed by atoms with Gasteiger partial charge in [0.05, 0.1) is 14.2 Å². The first-order valence-corrected chi connectivity index (χ1v) is 14.4. The fraction of sp³-hybridized carbons (Fsp3) is 0.231. The third-order valence-electron chi connectivity index (χ3n) is 8.18. The van der Waals surface area contributed by atoms with E-state index in [2.05, 4.69) is 125 Å². The van der Waals surface area contributed by atoms with E-state index in [9.17, 15) is 0 Å². The zero-order valence-electron chi connectivity index (χ0n) is 25.7. The molecule has 216 valence electrons. The number of nitrogen functional groups attached to an aromatic ring is 1. The molecule has 0 heterocycles. The van der Waals surface area contributed by atoms with Gasteiger partial charge < -0.3 is 15.2 Å². The third-order valence-corrected chi connectivity index (χ3v) is 8.18. The van der Waals surface area contributed by atoms with Crippen LogP contribution in [0.2, 0.25) is 0 Å². The second-order valence-electron chi connectivity index (χ2n) is 11.6. The first-order valence-electron chi connectivity index (χ1n) is 14.4. The molecule has 42 heavy (non-hydrogen) atoms. The van der Waals surface area contributed by atoms with E-state index in [1.807, 2.05) is 30.3 Å². The van der Waals surface area contributed by atoms with Crippen LogP contribution in [-0.2, 0) is 17.3 Å². The first-order chi connectivity index (χ1) is 20.2. The van der Waals surface area contributed by atoms with Gasteiger partial charge >= 0.3 is 0 Å². The molecule has 0 amide bonds. The number of anilines is 1. The van der Waals surface area contributed by atoms with Crippen LogP contribution in [0.15, 0.2) is 127 Å². The third kappa shape index (κ3) is 7.03. The summed E-state index contributed by atoms with van der Waals surface area (Å²) in [4.78, 5) is 0. The van der Waals surface area contributed by atoms with Gasteiger partial charge in [0.2, 0.25) is 0 Å². The van der Waals surface area contributed by atoms with Crippen molar-refractivity contribution in [2.45, 2.75) is 44.9 Å². The molecule has 0 atom stereocenters. The Morgan fingerprint density at radius 1 is 0.476 bits per heavy atom. The van der Waals surface area contributed by atoms with Crippen LogP contribution in [0.5, 0.6) is 11.5 Å². The lowest BCUT2D eigenvalue weighted by molar-refractivity contribution is 0.404. The van der Waals surface area contributed by atoms with Crippen LogP contribution >= 0.6 is 0 Å². The lowest BCUT2D eigenvalue weighted by atomic mass is 9.76. The van der Waals surface area contributed by atoms with Crippen LogP contribution in [0.4, 0.5) is 5.69 Å². The standard InChI is InChI=1S/C33H36O2.C6H7N/c1-32(2,26-13-9-7-10-14-26)28-17-19-30(34-5)24(22-28)21-25-23-29(18-20-31(25)35-6)33(3,4)27-15-11-8-12-16-27;7-6-4-2-1-3-5-6/h7-20,22-23H,21H2,1-6H3;1-5H,7H2. The van der Waals surface area contributed by atoms with E-state index in [1.54, 1.807) is 14.2 Å². The molecule has 0 saturated carbocycles. The highest BCUT2D eigenvalue weighted by Gasteiger charge is 2.26. The SMILES string of the molecule is COc1ccc(C(C)(C)c2ccccc2)cc1Cc1cc(C(C)(C)c2ccccc2)ccc1OC.Nc1ccccc1. The zero-order valence-corrected chi connectivity index (χ0v) is 25.7. The van der Waals surface area contributed by atoms with Gasteiger partial charge in [0.25, 0.3) is 0 Å². The van der Waals surface area contributed by atoms with E-state index in [-0.39, 0.29) is 10.8 Å². The summed E-state index contributed by atoms with van der Waals surface area (Å²) in [7, 11) is 3.49. The van der Waals surface area contributed by atoms with Crippen molar-refractivity contribution >= 4 is 5.69 Å². The molecule has 0 fully saturated rings. The fourth-order valence-electron chi connectivity index (χ4n) is 5.31. The van der Waals surface area contributed by atoms with Gasteiger partial charge in [-0.1, -0.05) is 131 Å². The summed E-state index contributed by atoms with van der Waals surface area (Å²) in [5.74, 6) is 1.79. The van der Waals surface area contributed by atoms with Crippen molar-refractivity contribution in [1.82, 2.24) is 0 Å². The smallest absolute Gasteiger partial charge is 0.122 e. The molecule has 2 N–H and O–H groups in total. The van der Waals surface area contributed by atoms with Gasteiger partial charge in [-0.25, -0.2) is 0 Å². The fourth-order valence-corrected chi connectivity index (χ4v) is 5.31. The molecule has 0 radical (unpaired) electrons. The summed E-state index contributed by atoms with van der Waals surface area (Å²) >= 11 is 0. The molecule has 0 spiro atoms. The maximum Gasteiger partial charge on any atom is 0.122 e. The van der Waals surface area contributed by atoms with Gasteiger partial charge in [0.1, 0.15) is 11.5 Å². The summed E-state index contributed by atoms with van der Waals surface area (Å²) in [6.45, 7) is 9.10. The average molecular weight is 558 g/mol. The van der Waals surface area contributed by atoms with Gasteiger partial charge in [-0.3, -0.25) is 0 Å². The maximum absolute atomic E-state index is 5.79. The number of rotatable bonds is 8. The van der Waals surface area contributed by atoms with E-state index >= 15 is 0 Å². The van der Waals surface area contributed by atoms with E-state index < -0.39 is 0 Å². The van der Waals surface area contributed by atoms with Crippen LogP contribution in [0.25, 0.3) is 0 Å². The average Bonchev–Trinajstić information content (AvgIpc) is 3.02. The summed E-state index contributed by atoms with van der Waals surface area (Å²) in [5.41, 5.74) is 13.4. The van der Waals surface area contributed by atoms with E-state index in [0.717, 1.165) is 34.7 Å². The summed E-state index contributed by atoms with van der Waals surface area (Å²) in [6.07, 6.45) is 0.726. The molecular formula is C39H43NO2. The normalized spacial score (nSPS) is 11.3. The Morgan fingerprint density at radius 2 is 0.833 bits per heavy atom. The maximum atomic E-state index is 5.79. The number of ether oxygens (including phenoxy) is 2. The van der Waals surface area contributed by atoms with Crippen molar-refractivity contribution in [2.75, 3.05) is 20.0 Å². The zero-order chi connectivity index (χ0) is 30.2. The van der Waals surface area contributed by atoms with Crippen LogP contribution in [0.3, 0.4) is 0 Å². The van der Waals surface area contributed by atoms with E-state index in [1.165, 1.54) is 22.3 Å². The predicted octanol–water partition coefficient (Wildman–Crippen LogP) is 9.22. The Balaban J connectivity index is 0.000000507. The number of para-hydroxylation sites is 1. The second-order valence-corrected chi connectivity index (χ2v) is 11.6. The van der Waals surface area contributed by atoms with Crippen LogP contribution in [0.1, 0.15) is 61.1 Å². The van der Waals surface area contributed by atoms with Crippen LogP contribution in [-0.4, -0.2) is 14.2 Å². The predicted molar refractivity (Wildman–Crippen MR) is 177 cm³/mol. The number of hydrogen-bond donors (Lipinski definition) is 1. The molecule has 0 aliphatic rings. The van der Waals surface area contributed by atoms with Gasteiger partial charge in [-0.2, -0.15) is 0 Å². The highest BCUT2D eigenvalue weighted by atomic mass is 16.5. The number of hydrogen-bond acceptors (Lipinski definition) is 3. The molecule has 0 unspecified atom stereocenters. The van der Waals surface area contributed by atoms with Crippen LogP contribution < -0.4 is 15.2 Å². The number of nitrogens with two attached hydrogens (primary N) is 1. The monoisotopic (exact) mass is 557 g/mol. The first kappa shape index (κ1) is 30.5. The lowest BCUT2D eigenvalue weighted by Crippen LogP contribution is -2.19. The topological polar surface area (TPSA) is 44.5 Å². The van der Waals surface area contributed by atoms with Crippen molar-refractivity contribution in [3.8, 4) is 11.5 Å². The summed E-state index contributed by atoms with van der Waals surface area (Å²) in [6, 6.07) is 44.0. The highest BCUT2D eigenvalue weighted by molar-refractivity contribution is 5.50. The van der Waals surface area contributed by atoms with Crippen molar-refractivity contribution in [1.29, 1.82) is 0 Å². The highest BCUT2D eigenvalue weighted by Crippen LogP contribution is 2.38. The van der Waals surface area contributed by atoms with Gasteiger partial charge in [0.15, 0.2) is 0 Å². The van der Waals surface area contributed by atoms with E-state index in [0.29, 0.717) is 0 Å². The lowest BCUT2D eigenvalue weighted by Gasteiger charge is -2.28. The van der Waals surface area contributed by atoms with Crippen molar-refractivity contribution in [3.63, 3.8) is 0 Å². The molecule has 0 aliphatic heterocycles. The summed E-state index contributed by atoms with van der Waals surface area (Å²) in [5, 5.41) is 0. The number of methoxy groups -OCH3 is 2. The Bertz CT molecular complexity index is 1460. The molecular weight excluding hydrogens is 514 g/mol. The minimum Gasteiger partial charge on any atom is -0.496 e. The molecule has 3 heteroatoms. The largest absolute Gasteiger partial charge is 0.496 e. The molecule has 0 aromatic heterocycles. The van der Waals surface area contributed by atoms with Gasteiger partial charge in [-0.05, 0) is 57.6 Å². The van der Waals surface area contributed by atoms with E-state index in [4.69, 9.17) is 15.2 Å². The van der Waals surface area contributed by atoms with Gasteiger partial charge in [0, 0.05) is 22.9 Å². The molecule has 0 saturated heterocycles. The second kappa shape index (κ2) is 13.4. The van der Waals surface area contributed by atoms with Crippen molar-refractivity contribution < 1.29 is 9.47 Å². The molecule has 5 rings (SSSR count). The molecule has 0 bridgehead atoms. The van der Waals surface area contributed by atoms with Gasteiger partial charge in [-0.15, -0.1) is 0 Å². The Kier molecular flexibility index (Phi) is 9.75. The molecule has 3 nitrogen and oxygen atoms in total. The molecule has 5 aromatic carbocycles. The molecule has 5 aromatic rings.